The number of ether oxygens (including phenoxy) is 2. The maximum atomic E-state index is 12.5. The van der Waals surface area contributed by atoms with Crippen LogP contribution in [0.15, 0.2) is 18.2 Å². The molecule has 0 bridgehead atoms. The molecule has 0 saturated carbocycles. The third kappa shape index (κ3) is 4.63. The summed E-state index contributed by atoms with van der Waals surface area (Å²) in [6, 6.07) is 4.00. The van der Waals surface area contributed by atoms with Crippen molar-refractivity contribution in [3.8, 4) is 5.75 Å². The lowest BCUT2D eigenvalue weighted by Crippen LogP contribution is -2.44. The number of hydrogen-bond acceptors (Lipinski definition) is 4. The van der Waals surface area contributed by atoms with Crippen molar-refractivity contribution >= 4 is 23.4 Å². The molecular formula is C13H12ClF3O4. The number of halogens is 4. The van der Waals surface area contributed by atoms with Gasteiger partial charge in [0.1, 0.15) is 5.75 Å². The van der Waals surface area contributed by atoms with Crippen LogP contribution in [0.4, 0.5) is 13.2 Å². The average Bonchev–Trinajstić information content (AvgIpc) is 2.38. The molecular weight excluding hydrogens is 313 g/mol. The standard InChI is InChI=1S/C13H12ClF3O4/c1-3-20-12(19)10(11(18)13(15,16)17)21-8-5-4-7(2)9(14)6-8/h4-6,10H,3H2,1-2H3. The van der Waals surface area contributed by atoms with Crippen LogP contribution in [0.3, 0.4) is 0 Å². The van der Waals surface area contributed by atoms with E-state index in [4.69, 9.17) is 16.3 Å². The fourth-order valence-corrected chi connectivity index (χ4v) is 1.53. The summed E-state index contributed by atoms with van der Waals surface area (Å²) in [5.74, 6) is -3.88. The Morgan fingerprint density at radius 2 is 1.95 bits per heavy atom. The second-order valence-electron chi connectivity index (χ2n) is 4.02. The molecule has 0 aliphatic rings. The number of alkyl halides is 3. The highest BCUT2D eigenvalue weighted by atomic mass is 35.5. The molecule has 0 radical (unpaired) electrons. The topological polar surface area (TPSA) is 52.6 Å². The van der Waals surface area contributed by atoms with Crippen molar-refractivity contribution in [1.29, 1.82) is 0 Å². The second kappa shape index (κ2) is 6.80. The molecule has 0 amide bonds. The summed E-state index contributed by atoms with van der Waals surface area (Å²) in [5, 5.41) is 0.231. The molecule has 8 heteroatoms. The minimum atomic E-state index is -5.22. The molecule has 0 aliphatic heterocycles. The molecule has 0 saturated heterocycles. The van der Waals surface area contributed by atoms with E-state index >= 15 is 0 Å². The van der Waals surface area contributed by atoms with Crippen molar-refractivity contribution in [2.75, 3.05) is 6.61 Å². The molecule has 1 atom stereocenters. The first kappa shape index (κ1) is 17.3. The first-order valence-electron chi connectivity index (χ1n) is 5.87. The van der Waals surface area contributed by atoms with Crippen LogP contribution in [0.1, 0.15) is 12.5 Å². The fourth-order valence-electron chi connectivity index (χ4n) is 1.36. The number of carbonyl (C=O) groups is 2. The number of Topliss-reactive ketones (excluding diaryl/α,β-unsaturated/α-hetero) is 1. The minimum absolute atomic E-state index is 0.138. The molecule has 0 aliphatic carbocycles. The Hall–Kier alpha value is -1.76. The normalized spacial score (nSPS) is 12.7. The molecule has 0 fully saturated rings. The predicted octanol–water partition coefficient (Wildman–Crippen LogP) is 3.09. The van der Waals surface area contributed by atoms with E-state index in [0.717, 1.165) is 0 Å². The lowest BCUT2D eigenvalue weighted by molar-refractivity contribution is -0.184. The Balaban J connectivity index is 3.04. The number of esters is 1. The van der Waals surface area contributed by atoms with Gasteiger partial charge < -0.3 is 9.47 Å². The summed E-state index contributed by atoms with van der Waals surface area (Å²) >= 11 is 5.80. The maximum Gasteiger partial charge on any atom is 0.454 e. The molecule has 0 heterocycles. The molecule has 1 unspecified atom stereocenters. The third-order valence-corrected chi connectivity index (χ3v) is 2.82. The summed E-state index contributed by atoms with van der Waals surface area (Å²) in [4.78, 5) is 22.7. The van der Waals surface area contributed by atoms with Gasteiger partial charge in [-0.1, -0.05) is 17.7 Å². The highest BCUT2D eigenvalue weighted by Gasteiger charge is 2.48. The van der Waals surface area contributed by atoms with Crippen molar-refractivity contribution in [3.63, 3.8) is 0 Å². The minimum Gasteiger partial charge on any atom is -0.470 e. The van der Waals surface area contributed by atoms with E-state index in [1.807, 2.05) is 0 Å². The zero-order valence-electron chi connectivity index (χ0n) is 11.2. The van der Waals surface area contributed by atoms with Crippen molar-refractivity contribution in [3.05, 3.63) is 28.8 Å². The molecule has 21 heavy (non-hydrogen) atoms. The lowest BCUT2D eigenvalue weighted by Gasteiger charge is -2.18. The predicted molar refractivity (Wildman–Crippen MR) is 68.3 cm³/mol. The van der Waals surface area contributed by atoms with Crippen LogP contribution in [0.5, 0.6) is 5.75 Å². The molecule has 0 N–H and O–H groups in total. The molecule has 116 valence electrons. The molecule has 1 aromatic carbocycles. The molecule has 1 rings (SSSR count). The number of aryl methyl sites for hydroxylation is 1. The van der Waals surface area contributed by atoms with Crippen LogP contribution in [0.2, 0.25) is 5.02 Å². The number of benzene rings is 1. The number of carbonyl (C=O) groups excluding carboxylic acids is 2. The van der Waals surface area contributed by atoms with E-state index in [2.05, 4.69) is 4.74 Å². The third-order valence-electron chi connectivity index (χ3n) is 2.42. The molecule has 4 nitrogen and oxygen atoms in total. The van der Waals surface area contributed by atoms with Crippen molar-refractivity contribution in [2.24, 2.45) is 0 Å². The summed E-state index contributed by atoms with van der Waals surface area (Å²) in [6.45, 7) is 2.89. The van der Waals surface area contributed by atoms with Crippen LogP contribution in [-0.2, 0) is 14.3 Å². The van der Waals surface area contributed by atoms with Gasteiger partial charge >= 0.3 is 12.1 Å². The van der Waals surface area contributed by atoms with Crippen molar-refractivity contribution < 1.29 is 32.2 Å². The van der Waals surface area contributed by atoms with Gasteiger partial charge in [-0.05, 0) is 31.5 Å². The van der Waals surface area contributed by atoms with E-state index in [0.29, 0.717) is 5.56 Å². The lowest BCUT2D eigenvalue weighted by atomic mass is 10.2. The van der Waals surface area contributed by atoms with Crippen LogP contribution < -0.4 is 4.74 Å². The Bertz CT molecular complexity index is 543. The van der Waals surface area contributed by atoms with Gasteiger partial charge in [0.15, 0.2) is 0 Å². The van der Waals surface area contributed by atoms with Gasteiger partial charge in [0.2, 0.25) is 0 Å². The monoisotopic (exact) mass is 324 g/mol. The van der Waals surface area contributed by atoms with Gasteiger partial charge in [-0.15, -0.1) is 0 Å². The first-order chi connectivity index (χ1) is 9.66. The maximum absolute atomic E-state index is 12.5. The Morgan fingerprint density at radius 1 is 1.33 bits per heavy atom. The average molecular weight is 325 g/mol. The Kier molecular flexibility index (Phi) is 5.60. The quantitative estimate of drug-likeness (QED) is 0.617. The van der Waals surface area contributed by atoms with Crippen LogP contribution in [0.25, 0.3) is 0 Å². The second-order valence-corrected chi connectivity index (χ2v) is 4.43. The van der Waals surface area contributed by atoms with Gasteiger partial charge in [-0.25, -0.2) is 4.79 Å². The summed E-state index contributed by atoms with van der Waals surface area (Å²) < 4.78 is 46.7. The van der Waals surface area contributed by atoms with Gasteiger partial charge in [0, 0.05) is 5.02 Å². The number of ketones is 1. The highest BCUT2D eigenvalue weighted by Crippen LogP contribution is 2.25. The van der Waals surface area contributed by atoms with E-state index in [1.165, 1.54) is 25.1 Å². The Labute approximate surface area is 123 Å². The SMILES string of the molecule is CCOC(=O)C(Oc1ccc(C)c(Cl)c1)C(=O)C(F)(F)F. The molecule has 1 aromatic rings. The zero-order chi connectivity index (χ0) is 16.2. The van der Waals surface area contributed by atoms with Gasteiger partial charge in [-0.2, -0.15) is 13.2 Å². The smallest absolute Gasteiger partial charge is 0.454 e. The highest BCUT2D eigenvalue weighted by molar-refractivity contribution is 6.31. The van der Waals surface area contributed by atoms with Crippen molar-refractivity contribution in [2.45, 2.75) is 26.1 Å². The molecule has 0 spiro atoms. The van der Waals surface area contributed by atoms with Gasteiger partial charge in [0.05, 0.1) is 6.61 Å². The van der Waals surface area contributed by atoms with E-state index in [9.17, 15) is 22.8 Å². The summed E-state index contributed by atoms with van der Waals surface area (Å²) in [7, 11) is 0. The van der Waals surface area contributed by atoms with E-state index < -0.39 is 24.0 Å². The number of hydrogen-bond donors (Lipinski definition) is 0. The van der Waals surface area contributed by atoms with Gasteiger partial charge in [-0.3, -0.25) is 4.79 Å². The largest absolute Gasteiger partial charge is 0.470 e. The van der Waals surface area contributed by atoms with E-state index in [1.54, 1.807) is 6.92 Å². The van der Waals surface area contributed by atoms with Crippen LogP contribution in [0, 0.1) is 6.92 Å². The zero-order valence-corrected chi connectivity index (χ0v) is 11.9. The Morgan fingerprint density at radius 3 is 2.43 bits per heavy atom. The van der Waals surface area contributed by atoms with E-state index in [-0.39, 0.29) is 17.4 Å². The molecule has 0 aromatic heterocycles. The van der Waals surface area contributed by atoms with Crippen LogP contribution >= 0.6 is 11.6 Å². The van der Waals surface area contributed by atoms with Crippen LogP contribution in [-0.4, -0.2) is 30.6 Å². The summed E-state index contributed by atoms with van der Waals surface area (Å²) in [5.41, 5.74) is 0.666. The first-order valence-corrected chi connectivity index (χ1v) is 6.25. The fraction of sp³-hybridized carbons (Fsp3) is 0.385. The summed E-state index contributed by atoms with van der Waals surface area (Å²) in [6.07, 6.45) is -7.63. The van der Waals surface area contributed by atoms with Crippen molar-refractivity contribution in [1.82, 2.24) is 0 Å². The van der Waals surface area contributed by atoms with Gasteiger partial charge in [0.25, 0.3) is 11.9 Å². The number of rotatable bonds is 5.